The zero-order valence-corrected chi connectivity index (χ0v) is 84.1. The number of Topliss-reactive ketones (excluding diaryl/α,β-unsaturated/α-hetero) is 4. The number of aromatic amines is 1. The van der Waals surface area contributed by atoms with Crippen LogP contribution in [0.25, 0.3) is 28.4 Å². The van der Waals surface area contributed by atoms with Crippen molar-refractivity contribution in [3.05, 3.63) is 417 Å². The Morgan fingerprint density at radius 2 is 0.752 bits per heavy atom. The molecule has 0 saturated carbocycles. The van der Waals surface area contributed by atoms with Crippen LogP contribution in [-0.2, 0) is 109 Å². The zero-order chi connectivity index (χ0) is 102. The summed E-state index contributed by atoms with van der Waals surface area (Å²) < 4.78 is 44.9. The van der Waals surface area contributed by atoms with Gasteiger partial charge in [0, 0.05) is 154 Å². The Balaban J connectivity index is 0.000000132. The van der Waals surface area contributed by atoms with Crippen LogP contribution in [0, 0.1) is 35.3 Å². The lowest BCUT2D eigenvalue weighted by molar-refractivity contribution is -0.127. The Morgan fingerprint density at radius 1 is 0.345 bits per heavy atom. The van der Waals surface area contributed by atoms with Gasteiger partial charge in [0.25, 0.3) is 0 Å². The average Bonchev–Trinajstić information content (AvgIpc) is 1.65. The number of hydrogen-bond acceptors (Lipinski definition) is 13. The summed E-state index contributed by atoms with van der Waals surface area (Å²) in [5, 5.41) is 1.22. The third-order valence-electron chi connectivity index (χ3n) is 28.8. The molecule has 8 aliphatic rings. The number of allylic oxidation sites excluding steroid dienone is 11. The fourth-order valence-corrected chi connectivity index (χ4v) is 21.6. The van der Waals surface area contributed by atoms with Gasteiger partial charge in [-0.2, -0.15) is 0 Å². The maximum Gasteiger partial charge on any atom is 0.248 e. The predicted molar refractivity (Wildman–Crippen MR) is 570 cm³/mol. The van der Waals surface area contributed by atoms with E-state index in [0.29, 0.717) is 82.9 Å². The molecule has 2 heterocycles. The number of hydrogen-bond donors (Lipinski definition) is 1. The molecule has 12 aromatic rings. The van der Waals surface area contributed by atoms with Gasteiger partial charge in [0.2, 0.25) is 35.1 Å². The molecular weight excluding hydrogens is 1860 g/mol. The zero-order valence-electron chi connectivity index (χ0n) is 82.6. The van der Waals surface area contributed by atoms with Crippen molar-refractivity contribution in [2.45, 2.75) is 141 Å². The first-order valence-corrected chi connectivity index (χ1v) is 50.2. The van der Waals surface area contributed by atoms with Gasteiger partial charge < -0.3 is 38.8 Å². The van der Waals surface area contributed by atoms with E-state index >= 15 is 0 Å². The molecular formula is C123H116Cl2F2N6O12. The first-order chi connectivity index (χ1) is 70.1. The van der Waals surface area contributed by atoms with Crippen molar-refractivity contribution < 1.29 is 61.3 Å². The number of methoxy groups -OCH3 is 3. The molecule has 10 aromatic carbocycles. The summed E-state index contributed by atoms with van der Waals surface area (Å²) in [6, 6.07) is 79.0. The van der Waals surface area contributed by atoms with Crippen molar-refractivity contribution in [3.63, 3.8) is 0 Å². The number of anilines is 4. The van der Waals surface area contributed by atoms with Crippen molar-refractivity contribution in [2.75, 3.05) is 69.1 Å². The Labute approximate surface area is 854 Å². The summed E-state index contributed by atoms with van der Waals surface area (Å²) in [5.41, 5.74) is 27.7. The number of H-pyrrole nitrogens is 1. The monoisotopic (exact) mass is 1980 g/mol. The molecule has 738 valence electrons. The quantitative estimate of drug-likeness (QED) is 0.127. The van der Waals surface area contributed by atoms with Gasteiger partial charge in [0.1, 0.15) is 46.3 Å². The van der Waals surface area contributed by atoms with E-state index in [1.54, 1.807) is 136 Å². The fourth-order valence-electron chi connectivity index (χ4n) is 21.3. The molecule has 2 aromatic heterocycles. The summed E-state index contributed by atoms with van der Waals surface area (Å²) in [4.78, 5) is 135. The number of ketones is 4. The van der Waals surface area contributed by atoms with Crippen LogP contribution in [0.5, 0.6) is 17.4 Å². The van der Waals surface area contributed by atoms with Crippen LogP contribution in [0.1, 0.15) is 160 Å². The number of aryl methyl sites for hydroxylation is 2. The Kier molecular flexibility index (Phi) is 32.4. The van der Waals surface area contributed by atoms with Crippen LogP contribution in [0.15, 0.2) is 300 Å². The first-order valence-electron chi connectivity index (χ1n) is 49.4. The average molecular weight is 1980 g/mol. The highest BCUT2D eigenvalue weighted by Gasteiger charge is 2.37. The summed E-state index contributed by atoms with van der Waals surface area (Å²) in [6.45, 7) is 0. The molecule has 18 nitrogen and oxygen atoms in total. The molecule has 20 rings (SSSR count). The first kappa shape index (κ1) is 102. The number of carbonyl (C=O) groups is 8. The number of benzene rings is 10. The molecule has 0 saturated heterocycles. The van der Waals surface area contributed by atoms with E-state index in [1.165, 1.54) is 63.2 Å². The SMILES string of the molecule is CN(C(=O)[C@H]1CC(=O)CC2=C(CCc3cccc(c3)C1)Cc1ccc(=O)[nH]c12)c1ccc(Cl)cc1.COc1ccc(N(C)C(=O)[C@H]2CC(=O)CC3=C(/C=C/Cc4cc(F)cc(c4)C2)Cc2ccccc23)cc1.COc1ccc(N(C)C(=O)[C@H]2CC(=O)CC3=C(C/C=C\c4cc(F)cc(c4)C2)Cc2ccccc23)cc1.COc1ccc2c(n1)C1=C(CCc3cccc(c3)C[C@@H](C(=O)N(C)c3ccc(Cl)cc3)CC(=O)C1)C2. The van der Waals surface area contributed by atoms with Gasteiger partial charge in [-0.25, -0.2) is 13.8 Å². The molecule has 4 atom stereocenters. The minimum Gasteiger partial charge on any atom is -0.497 e. The Morgan fingerprint density at radius 3 is 1.27 bits per heavy atom. The molecule has 0 unspecified atom stereocenters. The van der Waals surface area contributed by atoms with Crippen LogP contribution in [0.4, 0.5) is 31.5 Å². The van der Waals surface area contributed by atoms with Crippen LogP contribution < -0.4 is 39.4 Å². The number of halogens is 4. The highest BCUT2D eigenvalue weighted by molar-refractivity contribution is 6.31. The standard InChI is InChI=1S/2C32H30FNO3.C30H29ClN2O3.C29H27ClN2O3/c2*1-34(27-10-12-29(37-2)13-11-27)32(36)25-15-22-14-21(16-26(33)17-22)6-5-8-24-18-23-7-3-4-9-30(23)31(24)20-28(35)19-25;1-33(25-11-9-24(31)10-12-25)30(35)23-15-20-5-3-4-19(14-20)6-7-21-16-22-8-13-28(36-2)32-29(22)27(21)18-26(34)17-23;1-32(24-10-8-23(30)9-11-24)29(35)22-14-19-4-2-3-18(13-19)5-6-20-15-21-7-12-27(34)31-28(21)26(20)17-25(33)16-22/h3-5,7-14,16-17,25H,6,15,18-20H2,1-2H3;3-7,9-14,16-17,25H,8,15,18-20H2,1-2H3;3-5,8-14,23H,6-7,15-18H2,1-2H3;2-4,7-13,22H,5-6,14-17H2,1H3,(H,31,34)/b8-5+;6-5-;;/t2*25-;23-;22-/m1111/s1. The number of rotatable bonds is 11. The Hall–Kier alpha value is -14.9. The number of nitrogens with one attached hydrogen (secondary N) is 1. The topological polar surface area (TPSA) is 223 Å². The van der Waals surface area contributed by atoms with Gasteiger partial charge in [-0.3, -0.25) is 43.2 Å². The van der Waals surface area contributed by atoms with E-state index in [1.807, 2.05) is 127 Å². The third-order valence-corrected chi connectivity index (χ3v) is 29.3. The van der Waals surface area contributed by atoms with E-state index < -0.39 is 23.7 Å². The van der Waals surface area contributed by atoms with Crippen LogP contribution in [-0.4, -0.2) is 106 Å². The lowest BCUT2D eigenvalue weighted by atomic mass is 9.88. The van der Waals surface area contributed by atoms with E-state index in [0.717, 1.165) is 152 Å². The van der Waals surface area contributed by atoms with E-state index in [4.69, 9.17) is 42.4 Å². The maximum atomic E-state index is 14.5. The molecule has 22 heteroatoms. The molecule has 0 spiro atoms. The van der Waals surface area contributed by atoms with Crippen molar-refractivity contribution in [1.82, 2.24) is 9.97 Å². The normalized spacial score (nSPS) is 17.9. The number of nitrogens with zero attached hydrogens (tertiary/aromatic N) is 5. The van der Waals surface area contributed by atoms with Crippen molar-refractivity contribution in [3.8, 4) is 17.4 Å². The number of ether oxygens (including phenoxy) is 3. The lowest BCUT2D eigenvalue weighted by Crippen LogP contribution is -2.35. The van der Waals surface area contributed by atoms with Gasteiger partial charge >= 0.3 is 0 Å². The van der Waals surface area contributed by atoms with Gasteiger partial charge in [-0.05, 0) is 317 Å². The molecule has 8 bridgehead atoms. The number of fused-ring (bicyclic) bond motifs is 16. The van der Waals surface area contributed by atoms with Gasteiger partial charge in [0.05, 0.1) is 27.0 Å². The summed E-state index contributed by atoms with van der Waals surface area (Å²) in [5.74, 6) is -1.32. The van der Waals surface area contributed by atoms with E-state index in [2.05, 4.69) is 65.7 Å². The maximum absolute atomic E-state index is 14.5. The van der Waals surface area contributed by atoms with Crippen LogP contribution in [0.2, 0.25) is 10.0 Å². The van der Waals surface area contributed by atoms with Crippen molar-refractivity contribution in [1.29, 1.82) is 0 Å². The highest BCUT2D eigenvalue weighted by Crippen LogP contribution is 2.44. The highest BCUT2D eigenvalue weighted by atomic mass is 35.5. The minimum atomic E-state index is -0.611. The lowest BCUT2D eigenvalue weighted by Gasteiger charge is -2.24. The Bertz CT molecular complexity index is 7260. The summed E-state index contributed by atoms with van der Waals surface area (Å²) >= 11 is 12.1. The fraction of sp³-hybridized carbons (Fsp3) is 0.268. The van der Waals surface area contributed by atoms with Gasteiger partial charge in [-0.15, -0.1) is 0 Å². The molecule has 0 fully saturated rings. The molecule has 8 aliphatic carbocycles. The van der Waals surface area contributed by atoms with E-state index in [-0.39, 0.29) is 115 Å². The number of pyridine rings is 2. The molecule has 145 heavy (non-hydrogen) atoms. The summed E-state index contributed by atoms with van der Waals surface area (Å²) in [7, 11) is 11.7. The van der Waals surface area contributed by atoms with Crippen LogP contribution >= 0.6 is 23.2 Å². The minimum absolute atomic E-state index is 0.00892. The number of amides is 4. The van der Waals surface area contributed by atoms with Gasteiger partial charge in [0.15, 0.2) is 0 Å². The second-order valence-electron chi connectivity index (χ2n) is 38.8. The van der Waals surface area contributed by atoms with Crippen LogP contribution in [0.3, 0.4) is 0 Å². The van der Waals surface area contributed by atoms with Gasteiger partial charge in [-0.1, -0.05) is 186 Å². The van der Waals surface area contributed by atoms with Crippen molar-refractivity contribution in [2.24, 2.45) is 23.7 Å². The molecule has 4 amide bonds. The summed E-state index contributed by atoms with van der Waals surface area (Å²) in [6.07, 6.45) is 19.1. The van der Waals surface area contributed by atoms with E-state index in [9.17, 15) is 51.9 Å². The molecule has 0 radical (unpaired) electrons. The number of carbonyl (C=O) groups excluding carboxylic acids is 8. The second kappa shape index (κ2) is 46.2. The second-order valence-corrected chi connectivity index (χ2v) is 39.7. The van der Waals surface area contributed by atoms with Crippen molar-refractivity contribution >= 4 is 121 Å². The largest absolute Gasteiger partial charge is 0.497 e. The predicted octanol–water partition coefficient (Wildman–Crippen LogP) is 23.6. The molecule has 0 aliphatic heterocycles. The smallest absolute Gasteiger partial charge is 0.248 e. The third kappa shape index (κ3) is 25.0. The molecule has 1 N–H and O–H groups in total. The number of aromatic nitrogens is 2.